The number of ether oxygens (including phenoxy) is 1. The number of hydrogen-bond donors (Lipinski definition) is 1. The van der Waals surface area contributed by atoms with Crippen LogP contribution in [0.1, 0.15) is 12.5 Å². The Kier molecular flexibility index (Phi) is 9.77. The Morgan fingerprint density at radius 1 is 1.53 bits per heavy atom. The van der Waals surface area contributed by atoms with E-state index in [-0.39, 0.29) is 31.4 Å². The largest absolute Gasteiger partial charge is 0.475 e. The monoisotopic (exact) mass is 256 g/mol. The van der Waals surface area contributed by atoms with Crippen LogP contribution in [-0.4, -0.2) is 17.8 Å². The van der Waals surface area contributed by atoms with Crippen LogP contribution in [-0.2, 0) is 6.54 Å². The highest BCUT2D eigenvalue weighted by molar-refractivity contribution is 5.85. The third-order valence-corrected chi connectivity index (χ3v) is 1.50. The van der Waals surface area contributed by atoms with Gasteiger partial charge in [-0.05, 0) is 18.6 Å². The van der Waals surface area contributed by atoms with E-state index < -0.39 is 6.17 Å². The molecule has 6 heteroatoms. The molecule has 1 atom stereocenters. The first-order valence-electron chi connectivity index (χ1n) is 4.14. The second-order valence-electron chi connectivity index (χ2n) is 2.80. The van der Waals surface area contributed by atoms with Gasteiger partial charge in [-0.3, -0.25) is 0 Å². The summed E-state index contributed by atoms with van der Waals surface area (Å²) in [6.07, 6.45) is 0.615. The van der Waals surface area contributed by atoms with Crippen LogP contribution in [0.5, 0.6) is 5.88 Å². The third-order valence-electron chi connectivity index (χ3n) is 1.50. The predicted molar refractivity (Wildman–Crippen MR) is 62.7 cm³/mol. The molecule has 0 radical (unpaired) electrons. The minimum atomic E-state index is -0.983. The van der Waals surface area contributed by atoms with Crippen molar-refractivity contribution in [3.8, 4) is 5.88 Å². The van der Waals surface area contributed by atoms with Gasteiger partial charge in [-0.1, -0.05) is 0 Å². The van der Waals surface area contributed by atoms with Crippen molar-refractivity contribution in [1.29, 1.82) is 0 Å². The van der Waals surface area contributed by atoms with Gasteiger partial charge in [0.15, 0.2) is 0 Å². The molecule has 1 unspecified atom stereocenters. The standard InChI is InChI=1S/C9H13FN2O.2ClH/c1-7(10)6-13-9-4-8(5-11)2-3-12-9;;/h2-4,7H,5-6,11H2,1H3;2*1H. The summed E-state index contributed by atoms with van der Waals surface area (Å²) in [6.45, 7) is 1.90. The van der Waals surface area contributed by atoms with Crippen molar-refractivity contribution < 1.29 is 9.13 Å². The molecule has 0 spiro atoms. The van der Waals surface area contributed by atoms with Crippen molar-refractivity contribution in [2.75, 3.05) is 6.61 Å². The molecule has 0 aliphatic rings. The lowest BCUT2D eigenvalue weighted by Crippen LogP contribution is -2.09. The zero-order valence-corrected chi connectivity index (χ0v) is 9.98. The summed E-state index contributed by atoms with van der Waals surface area (Å²) in [6, 6.07) is 3.51. The van der Waals surface area contributed by atoms with Crippen LogP contribution < -0.4 is 10.5 Å². The molecule has 2 N–H and O–H groups in total. The Morgan fingerprint density at radius 2 is 2.20 bits per heavy atom. The summed E-state index contributed by atoms with van der Waals surface area (Å²) >= 11 is 0. The maximum atomic E-state index is 12.4. The van der Waals surface area contributed by atoms with E-state index in [0.717, 1.165) is 5.56 Å². The van der Waals surface area contributed by atoms with Gasteiger partial charge < -0.3 is 10.5 Å². The van der Waals surface area contributed by atoms with Gasteiger partial charge in [0.2, 0.25) is 5.88 Å². The quantitative estimate of drug-likeness (QED) is 0.898. The molecule has 15 heavy (non-hydrogen) atoms. The van der Waals surface area contributed by atoms with E-state index in [4.69, 9.17) is 10.5 Å². The molecule has 0 fully saturated rings. The number of rotatable bonds is 4. The molecule has 0 amide bonds. The fraction of sp³-hybridized carbons (Fsp3) is 0.444. The molecule has 0 saturated heterocycles. The fourth-order valence-corrected chi connectivity index (χ4v) is 0.857. The Morgan fingerprint density at radius 3 is 2.73 bits per heavy atom. The first kappa shape index (κ1) is 16.8. The smallest absolute Gasteiger partial charge is 0.213 e. The van der Waals surface area contributed by atoms with E-state index in [1.807, 2.05) is 0 Å². The molecule has 1 heterocycles. The molecule has 0 saturated carbocycles. The van der Waals surface area contributed by atoms with E-state index in [1.54, 1.807) is 18.3 Å². The highest BCUT2D eigenvalue weighted by Crippen LogP contribution is 2.09. The van der Waals surface area contributed by atoms with Crippen LogP contribution in [0, 0.1) is 0 Å². The van der Waals surface area contributed by atoms with Crippen LogP contribution in [0.4, 0.5) is 4.39 Å². The third kappa shape index (κ3) is 6.49. The lowest BCUT2D eigenvalue weighted by Gasteiger charge is -2.06. The zero-order chi connectivity index (χ0) is 9.68. The Labute approximate surface area is 101 Å². The molecular formula is C9H15Cl2FN2O. The lowest BCUT2D eigenvalue weighted by molar-refractivity contribution is 0.204. The SMILES string of the molecule is CC(F)COc1cc(CN)ccn1.Cl.Cl. The summed E-state index contributed by atoms with van der Waals surface area (Å²) in [5.74, 6) is 0.424. The number of hydrogen-bond acceptors (Lipinski definition) is 3. The minimum absolute atomic E-state index is 0. The predicted octanol–water partition coefficient (Wildman–Crippen LogP) is 2.12. The number of nitrogens with two attached hydrogens (primary N) is 1. The average Bonchev–Trinajstić information content (AvgIpc) is 2.15. The van der Waals surface area contributed by atoms with Crippen LogP contribution in [0.2, 0.25) is 0 Å². The molecule has 1 aromatic heterocycles. The van der Waals surface area contributed by atoms with Gasteiger partial charge in [-0.25, -0.2) is 9.37 Å². The van der Waals surface area contributed by atoms with Crippen molar-refractivity contribution >= 4 is 24.8 Å². The number of pyridine rings is 1. The van der Waals surface area contributed by atoms with Crippen molar-refractivity contribution in [1.82, 2.24) is 4.98 Å². The van der Waals surface area contributed by atoms with Crippen molar-refractivity contribution in [2.45, 2.75) is 19.6 Å². The molecule has 0 aliphatic heterocycles. The first-order chi connectivity index (χ1) is 6.22. The molecule has 3 nitrogen and oxygen atoms in total. The van der Waals surface area contributed by atoms with Crippen molar-refractivity contribution in [2.24, 2.45) is 5.73 Å². The van der Waals surface area contributed by atoms with Crippen molar-refractivity contribution in [3.05, 3.63) is 23.9 Å². The summed E-state index contributed by atoms with van der Waals surface area (Å²) in [5, 5.41) is 0. The van der Waals surface area contributed by atoms with E-state index in [2.05, 4.69) is 4.98 Å². The summed E-state index contributed by atoms with van der Waals surface area (Å²) in [7, 11) is 0. The lowest BCUT2D eigenvalue weighted by atomic mass is 10.3. The Balaban J connectivity index is 0. The summed E-state index contributed by atoms with van der Waals surface area (Å²) < 4.78 is 17.5. The number of nitrogens with zero attached hydrogens (tertiary/aromatic N) is 1. The van der Waals surface area contributed by atoms with Crippen LogP contribution in [0.15, 0.2) is 18.3 Å². The first-order valence-corrected chi connectivity index (χ1v) is 4.14. The highest BCUT2D eigenvalue weighted by atomic mass is 35.5. The summed E-state index contributed by atoms with van der Waals surface area (Å²) in [5.41, 5.74) is 6.34. The molecule has 0 bridgehead atoms. The molecular weight excluding hydrogens is 242 g/mol. The highest BCUT2D eigenvalue weighted by Gasteiger charge is 2.01. The van der Waals surface area contributed by atoms with E-state index >= 15 is 0 Å². The van der Waals surface area contributed by atoms with E-state index in [0.29, 0.717) is 12.4 Å². The Bertz CT molecular complexity index is 274. The summed E-state index contributed by atoms with van der Waals surface area (Å²) in [4.78, 5) is 3.91. The molecule has 88 valence electrons. The van der Waals surface area contributed by atoms with Gasteiger partial charge >= 0.3 is 0 Å². The van der Waals surface area contributed by atoms with Gasteiger partial charge in [0.1, 0.15) is 12.8 Å². The molecule has 1 aromatic rings. The van der Waals surface area contributed by atoms with Gasteiger partial charge in [0, 0.05) is 18.8 Å². The second kappa shape index (κ2) is 8.71. The molecule has 0 aliphatic carbocycles. The average molecular weight is 257 g/mol. The van der Waals surface area contributed by atoms with Gasteiger partial charge in [0.05, 0.1) is 0 Å². The molecule has 1 rings (SSSR count). The normalized spacial score (nSPS) is 10.9. The minimum Gasteiger partial charge on any atom is -0.475 e. The van der Waals surface area contributed by atoms with Crippen LogP contribution in [0.3, 0.4) is 0 Å². The van der Waals surface area contributed by atoms with Crippen molar-refractivity contribution in [3.63, 3.8) is 0 Å². The van der Waals surface area contributed by atoms with Crippen LogP contribution >= 0.6 is 24.8 Å². The van der Waals surface area contributed by atoms with E-state index in [9.17, 15) is 4.39 Å². The topological polar surface area (TPSA) is 48.1 Å². The number of halogens is 3. The Hall–Kier alpha value is -0.580. The number of alkyl halides is 1. The maximum absolute atomic E-state index is 12.4. The van der Waals surface area contributed by atoms with Crippen LogP contribution in [0.25, 0.3) is 0 Å². The van der Waals surface area contributed by atoms with Gasteiger partial charge in [0.25, 0.3) is 0 Å². The van der Waals surface area contributed by atoms with E-state index in [1.165, 1.54) is 6.92 Å². The second-order valence-corrected chi connectivity index (χ2v) is 2.80. The zero-order valence-electron chi connectivity index (χ0n) is 8.35. The van der Waals surface area contributed by atoms with Gasteiger partial charge in [-0.2, -0.15) is 0 Å². The molecule has 0 aromatic carbocycles. The van der Waals surface area contributed by atoms with Gasteiger partial charge in [-0.15, -0.1) is 24.8 Å². The number of aromatic nitrogens is 1. The maximum Gasteiger partial charge on any atom is 0.213 e. The fourth-order valence-electron chi connectivity index (χ4n) is 0.857.